The molecular weight excluding hydrogens is 260 g/mol. The molecule has 1 atom stereocenters. The Morgan fingerprint density at radius 2 is 2.00 bits per heavy atom. The number of benzene rings is 1. The van der Waals surface area contributed by atoms with E-state index in [1.165, 1.54) is 24.1 Å². The molecule has 1 heterocycles. The fraction of sp³-hybridized carbons (Fsp3) is 0.600. The molecule has 4 heteroatoms. The number of aryl methyl sites for hydroxylation is 2. The largest absolute Gasteiger partial charge is 0.492 e. The average molecular weight is 285 g/mol. The molecule has 0 spiro atoms. The number of hydrogen-bond acceptors (Lipinski definition) is 3. The molecule has 1 N–H and O–H groups in total. The maximum absolute atomic E-state index is 5.94. The highest BCUT2D eigenvalue weighted by molar-refractivity contribution is 5.85. The lowest BCUT2D eigenvalue weighted by atomic mass is 10.1. The highest BCUT2D eigenvalue weighted by Crippen LogP contribution is 2.22. The van der Waals surface area contributed by atoms with Gasteiger partial charge in [0.15, 0.2) is 0 Å². The van der Waals surface area contributed by atoms with E-state index in [2.05, 4.69) is 42.3 Å². The van der Waals surface area contributed by atoms with Crippen molar-refractivity contribution in [2.24, 2.45) is 0 Å². The van der Waals surface area contributed by atoms with Crippen molar-refractivity contribution in [2.45, 2.75) is 26.3 Å². The van der Waals surface area contributed by atoms with Crippen molar-refractivity contribution >= 4 is 12.4 Å². The molecule has 1 aromatic carbocycles. The number of nitrogens with one attached hydrogen (secondary N) is 1. The normalized spacial score (nSPS) is 19.2. The van der Waals surface area contributed by atoms with Crippen molar-refractivity contribution < 1.29 is 4.74 Å². The number of likely N-dealkylation sites (N-methyl/N-ethyl adjacent to an activating group) is 1. The topological polar surface area (TPSA) is 24.5 Å². The van der Waals surface area contributed by atoms with Crippen molar-refractivity contribution in [2.75, 3.05) is 33.3 Å². The van der Waals surface area contributed by atoms with Gasteiger partial charge in [-0.1, -0.05) is 18.2 Å². The van der Waals surface area contributed by atoms with Crippen LogP contribution in [0.4, 0.5) is 0 Å². The van der Waals surface area contributed by atoms with Crippen LogP contribution in [-0.2, 0) is 0 Å². The minimum atomic E-state index is 0. The highest BCUT2D eigenvalue weighted by Gasteiger charge is 2.20. The van der Waals surface area contributed by atoms with Crippen LogP contribution in [0.2, 0.25) is 0 Å². The highest BCUT2D eigenvalue weighted by atomic mass is 35.5. The zero-order valence-electron chi connectivity index (χ0n) is 12.1. The number of para-hydroxylation sites is 1. The van der Waals surface area contributed by atoms with Gasteiger partial charge in [-0.15, -0.1) is 12.4 Å². The number of halogens is 1. The molecule has 1 aliphatic heterocycles. The van der Waals surface area contributed by atoms with Crippen LogP contribution in [-0.4, -0.2) is 44.2 Å². The summed E-state index contributed by atoms with van der Waals surface area (Å²) in [7, 11) is 2.04. The van der Waals surface area contributed by atoms with Gasteiger partial charge in [0, 0.05) is 19.1 Å². The van der Waals surface area contributed by atoms with Crippen LogP contribution in [0.3, 0.4) is 0 Å². The third kappa shape index (κ3) is 4.37. The smallest absolute Gasteiger partial charge is 0.125 e. The minimum absolute atomic E-state index is 0. The SMILES string of the molecule is CNC1CCN(CCOc2c(C)cccc2C)C1.Cl. The Bertz CT molecular complexity index is 377. The lowest BCUT2D eigenvalue weighted by molar-refractivity contribution is 0.233. The van der Waals surface area contributed by atoms with Crippen molar-refractivity contribution in [1.82, 2.24) is 10.2 Å². The van der Waals surface area contributed by atoms with Gasteiger partial charge in [-0.2, -0.15) is 0 Å². The first-order valence-corrected chi connectivity index (χ1v) is 6.79. The Morgan fingerprint density at radius 1 is 1.32 bits per heavy atom. The van der Waals surface area contributed by atoms with Gasteiger partial charge < -0.3 is 10.1 Å². The van der Waals surface area contributed by atoms with Gasteiger partial charge in [0.05, 0.1) is 0 Å². The maximum atomic E-state index is 5.94. The molecule has 1 fully saturated rings. The van der Waals surface area contributed by atoms with Crippen LogP contribution in [0, 0.1) is 13.8 Å². The van der Waals surface area contributed by atoms with E-state index >= 15 is 0 Å². The molecule has 0 amide bonds. The minimum Gasteiger partial charge on any atom is -0.492 e. The average Bonchev–Trinajstić information content (AvgIpc) is 2.81. The summed E-state index contributed by atoms with van der Waals surface area (Å²) in [5.74, 6) is 1.06. The number of rotatable bonds is 5. The van der Waals surface area contributed by atoms with E-state index in [0.717, 1.165) is 25.4 Å². The van der Waals surface area contributed by atoms with E-state index in [1.807, 2.05) is 7.05 Å². The third-order valence-electron chi connectivity index (χ3n) is 3.74. The Labute approximate surface area is 122 Å². The van der Waals surface area contributed by atoms with E-state index in [-0.39, 0.29) is 12.4 Å². The molecule has 0 aromatic heterocycles. The predicted molar refractivity (Wildman–Crippen MR) is 82.6 cm³/mol. The monoisotopic (exact) mass is 284 g/mol. The Kier molecular flexibility index (Phi) is 6.63. The van der Waals surface area contributed by atoms with Gasteiger partial charge in [0.1, 0.15) is 12.4 Å². The molecule has 0 aliphatic carbocycles. The van der Waals surface area contributed by atoms with E-state index in [9.17, 15) is 0 Å². The summed E-state index contributed by atoms with van der Waals surface area (Å²) < 4.78 is 5.94. The summed E-state index contributed by atoms with van der Waals surface area (Å²) in [5.41, 5.74) is 2.45. The van der Waals surface area contributed by atoms with E-state index in [4.69, 9.17) is 4.74 Å². The summed E-state index contributed by atoms with van der Waals surface area (Å²) in [6.45, 7) is 8.34. The van der Waals surface area contributed by atoms with Crippen LogP contribution in [0.5, 0.6) is 5.75 Å². The molecule has 1 aromatic rings. The molecule has 0 saturated carbocycles. The lowest BCUT2D eigenvalue weighted by Crippen LogP contribution is -2.31. The summed E-state index contributed by atoms with van der Waals surface area (Å²) in [6, 6.07) is 6.95. The molecule has 19 heavy (non-hydrogen) atoms. The van der Waals surface area contributed by atoms with Gasteiger partial charge in [-0.05, 0) is 45.0 Å². The van der Waals surface area contributed by atoms with Crippen LogP contribution in [0.15, 0.2) is 18.2 Å². The van der Waals surface area contributed by atoms with Gasteiger partial charge in [-0.25, -0.2) is 0 Å². The molecule has 0 radical (unpaired) electrons. The Morgan fingerprint density at radius 3 is 2.58 bits per heavy atom. The first-order valence-electron chi connectivity index (χ1n) is 6.79. The number of likely N-dealkylation sites (tertiary alicyclic amines) is 1. The van der Waals surface area contributed by atoms with Crippen molar-refractivity contribution in [3.8, 4) is 5.75 Å². The van der Waals surface area contributed by atoms with E-state index < -0.39 is 0 Å². The lowest BCUT2D eigenvalue weighted by Gasteiger charge is -2.17. The number of nitrogens with zero attached hydrogens (tertiary/aromatic N) is 1. The van der Waals surface area contributed by atoms with Crippen LogP contribution in [0.1, 0.15) is 17.5 Å². The van der Waals surface area contributed by atoms with E-state index in [0.29, 0.717) is 6.04 Å². The number of ether oxygens (including phenoxy) is 1. The summed E-state index contributed by atoms with van der Waals surface area (Å²) in [6.07, 6.45) is 1.25. The zero-order chi connectivity index (χ0) is 13.0. The zero-order valence-corrected chi connectivity index (χ0v) is 12.9. The first kappa shape index (κ1) is 16.3. The second kappa shape index (κ2) is 7.73. The van der Waals surface area contributed by atoms with Crippen LogP contribution < -0.4 is 10.1 Å². The molecule has 2 rings (SSSR count). The van der Waals surface area contributed by atoms with E-state index in [1.54, 1.807) is 0 Å². The van der Waals surface area contributed by atoms with Gasteiger partial charge in [0.2, 0.25) is 0 Å². The standard InChI is InChI=1S/C15H24N2O.ClH/c1-12-5-4-6-13(2)15(12)18-10-9-17-8-7-14(11-17)16-3;/h4-6,14,16H,7-11H2,1-3H3;1H. The van der Waals surface area contributed by atoms with Gasteiger partial charge >= 0.3 is 0 Å². The molecular formula is C15H25ClN2O. The van der Waals surface area contributed by atoms with Gasteiger partial charge in [0.25, 0.3) is 0 Å². The van der Waals surface area contributed by atoms with Crippen molar-refractivity contribution in [1.29, 1.82) is 0 Å². The van der Waals surface area contributed by atoms with Crippen LogP contribution in [0.25, 0.3) is 0 Å². The fourth-order valence-corrected chi connectivity index (χ4v) is 2.58. The van der Waals surface area contributed by atoms with Gasteiger partial charge in [-0.3, -0.25) is 4.90 Å². The molecule has 3 nitrogen and oxygen atoms in total. The molecule has 0 bridgehead atoms. The summed E-state index contributed by atoms with van der Waals surface area (Å²) in [4.78, 5) is 2.47. The predicted octanol–water partition coefficient (Wildman–Crippen LogP) is 2.40. The second-order valence-electron chi connectivity index (χ2n) is 5.14. The second-order valence-corrected chi connectivity index (χ2v) is 5.14. The Hall–Kier alpha value is -0.770. The molecule has 1 saturated heterocycles. The summed E-state index contributed by atoms with van der Waals surface area (Å²) in [5, 5.41) is 3.34. The Balaban J connectivity index is 0.00000180. The maximum Gasteiger partial charge on any atom is 0.125 e. The number of hydrogen-bond donors (Lipinski definition) is 1. The van der Waals surface area contributed by atoms with Crippen molar-refractivity contribution in [3.63, 3.8) is 0 Å². The van der Waals surface area contributed by atoms with Crippen LogP contribution >= 0.6 is 12.4 Å². The first-order chi connectivity index (χ1) is 8.70. The molecule has 1 aliphatic rings. The quantitative estimate of drug-likeness (QED) is 0.899. The molecule has 108 valence electrons. The third-order valence-corrected chi connectivity index (χ3v) is 3.74. The summed E-state index contributed by atoms with van der Waals surface area (Å²) >= 11 is 0. The van der Waals surface area contributed by atoms with Crippen molar-refractivity contribution in [3.05, 3.63) is 29.3 Å². The fourth-order valence-electron chi connectivity index (χ4n) is 2.58. The molecule has 1 unspecified atom stereocenters.